The number of carboxylic acid groups (broad SMARTS) is 1. The number of carbonyl (C=O) groups excluding carboxylic acids is 1. The van der Waals surface area contributed by atoms with Crippen LogP contribution < -0.4 is 0 Å². The van der Waals surface area contributed by atoms with Crippen molar-refractivity contribution < 1.29 is 19.8 Å². The number of thioether (sulfide) groups is 1. The minimum atomic E-state index is -1.11. The van der Waals surface area contributed by atoms with Crippen LogP contribution in [0.1, 0.15) is 26.5 Å². The molecule has 1 amide bonds. The van der Waals surface area contributed by atoms with Gasteiger partial charge in [0.25, 0.3) is 0 Å². The molecule has 0 radical (unpaired) electrons. The first-order valence-electron chi connectivity index (χ1n) is 9.25. The number of nitrogens with zero attached hydrogens (tertiary/aromatic N) is 3. The monoisotopic (exact) mass is 421 g/mol. The Morgan fingerprint density at radius 3 is 2.71 bits per heavy atom. The Bertz CT molecular complexity index is 907. The van der Waals surface area contributed by atoms with Crippen molar-refractivity contribution in [3.63, 3.8) is 0 Å². The van der Waals surface area contributed by atoms with Crippen LogP contribution in [-0.2, 0) is 9.59 Å². The van der Waals surface area contributed by atoms with Crippen molar-refractivity contribution in [2.75, 3.05) is 13.6 Å². The summed E-state index contributed by atoms with van der Waals surface area (Å²) in [5, 5.41) is 21.7. The van der Waals surface area contributed by atoms with E-state index in [9.17, 15) is 19.8 Å². The number of rotatable bonds is 5. The van der Waals surface area contributed by atoms with E-state index in [4.69, 9.17) is 4.98 Å². The van der Waals surface area contributed by atoms with Crippen LogP contribution in [-0.4, -0.2) is 68.7 Å². The zero-order chi connectivity index (χ0) is 20.3. The van der Waals surface area contributed by atoms with Crippen molar-refractivity contribution in [2.45, 2.75) is 43.3 Å². The van der Waals surface area contributed by atoms with Crippen molar-refractivity contribution in [1.29, 1.82) is 0 Å². The van der Waals surface area contributed by atoms with Crippen LogP contribution in [0, 0.1) is 11.8 Å². The standard InChI is InChI=1S/C19H23N3O4S2/c1-8-14-13(10(3)23)17(24)22(14)15(18(25)26)16(8)28-19-20-12(7-27-19)11-5-6-21(4)9(11)2/h5,7-10,13-14,23H,6H2,1-4H3,(H,25,26). The van der Waals surface area contributed by atoms with Crippen LogP contribution in [0.5, 0.6) is 0 Å². The Morgan fingerprint density at radius 2 is 2.14 bits per heavy atom. The molecule has 1 fully saturated rings. The van der Waals surface area contributed by atoms with Gasteiger partial charge in [-0.2, -0.15) is 0 Å². The molecular formula is C19H23N3O4S2. The number of likely N-dealkylation sites (N-methyl/N-ethyl adjacent to an activating group) is 1. The third-order valence-electron chi connectivity index (χ3n) is 6.00. The molecule has 2 N–H and O–H groups in total. The van der Waals surface area contributed by atoms with E-state index in [1.54, 1.807) is 6.92 Å². The van der Waals surface area contributed by atoms with Gasteiger partial charge < -0.3 is 15.1 Å². The van der Waals surface area contributed by atoms with E-state index in [1.807, 2.05) is 12.3 Å². The lowest BCUT2D eigenvalue weighted by molar-refractivity contribution is -0.163. The molecule has 0 aromatic carbocycles. The quantitative estimate of drug-likeness (QED) is 0.703. The Hall–Kier alpha value is -1.68. The number of β-lactam (4-membered cyclic amide) rings is 1. The smallest absolute Gasteiger partial charge is 0.353 e. The summed E-state index contributed by atoms with van der Waals surface area (Å²) in [6.07, 6.45) is 1.38. The highest BCUT2D eigenvalue weighted by Crippen LogP contribution is 2.52. The second-order valence-corrected chi connectivity index (χ2v) is 9.79. The average molecular weight is 422 g/mol. The van der Waals surface area contributed by atoms with Crippen LogP contribution >= 0.6 is 23.1 Å². The fourth-order valence-electron chi connectivity index (χ4n) is 4.31. The maximum absolute atomic E-state index is 12.4. The molecule has 150 valence electrons. The van der Waals surface area contributed by atoms with E-state index < -0.39 is 18.0 Å². The fourth-order valence-corrected chi connectivity index (χ4v) is 6.41. The normalized spacial score (nSPS) is 31.1. The van der Waals surface area contributed by atoms with Gasteiger partial charge in [-0.1, -0.05) is 24.8 Å². The lowest BCUT2D eigenvalue weighted by Crippen LogP contribution is -2.63. The molecule has 0 spiro atoms. The second kappa shape index (κ2) is 6.98. The topological polar surface area (TPSA) is 94.0 Å². The number of thiazole rings is 1. The van der Waals surface area contributed by atoms with E-state index in [0.717, 1.165) is 16.6 Å². The molecule has 4 heterocycles. The SMILES string of the molecule is CC(O)C1C(=O)N2C(C(=O)O)=C(Sc3nc(C4=CCN(C)C4C)cs3)C(C)C12. The lowest BCUT2D eigenvalue weighted by Gasteiger charge is -2.46. The van der Waals surface area contributed by atoms with Gasteiger partial charge in [-0.05, 0) is 26.5 Å². The minimum Gasteiger partial charge on any atom is -0.477 e. The largest absolute Gasteiger partial charge is 0.477 e. The molecular weight excluding hydrogens is 398 g/mol. The van der Waals surface area contributed by atoms with Crippen LogP contribution in [0.2, 0.25) is 0 Å². The van der Waals surface area contributed by atoms with Gasteiger partial charge >= 0.3 is 5.97 Å². The second-order valence-electron chi connectivity index (χ2n) is 7.65. The van der Waals surface area contributed by atoms with Crippen molar-refractivity contribution in [2.24, 2.45) is 11.8 Å². The highest BCUT2D eigenvalue weighted by molar-refractivity contribution is 8.04. The molecule has 5 unspecified atom stereocenters. The van der Waals surface area contributed by atoms with Gasteiger partial charge in [-0.25, -0.2) is 9.78 Å². The summed E-state index contributed by atoms with van der Waals surface area (Å²) in [5.74, 6) is -2.13. The average Bonchev–Trinajstić information content (AvgIpc) is 3.27. The summed E-state index contributed by atoms with van der Waals surface area (Å²) in [7, 11) is 2.07. The third kappa shape index (κ3) is 2.83. The Labute approximate surface area is 171 Å². The summed E-state index contributed by atoms with van der Waals surface area (Å²) < 4.78 is 0.766. The molecule has 7 nitrogen and oxygen atoms in total. The van der Waals surface area contributed by atoms with E-state index in [2.05, 4.69) is 24.9 Å². The maximum atomic E-state index is 12.4. The van der Waals surface area contributed by atoms with Gasteiger partial charge in [0.1, 0.15) is 5.70 Å². The summed E-state index contributed by atoms with van der Waals surface area (Å²) in [6.45, 7) is 6.53. The van der Waals surface area contributed by atoms with Crippen LogP contribution in [0.3, 0.4) is 0 Å². The summed E-state index contributed by atoms with van der Waals surface area (Å²) >= 11 is 2.82. The highest BCUT2D eigenvalue weighted by atomic mass is 32.2. The molecule has 3 aliphatic rings. The number of aliphatic carboxylic acids is 1. The fraction of sp³-hybridized carbons (Fsp3) is 0.526. The number of carbonyl (C=O) groups is 2. The van der Waals surface area contributed by atoms with Gasteiger partial charge in [-0.3, -0.25) is 9.69 Å². The number of carboxylic acids is 1. The Kier molecular flexibility index (Phi) is 4.89. The van der Waals surface area contributed by atoms with Crippen LogP contribution in [0.4, 0.5) is 0 Å². The number of fused-ring (bicyclic) bond motifs is 1. The number of aromatic nitrogens is 1. The van der Waals surface area contributed by atoms with Gasteiger partial charge in [-0.15, -0.1) is 11.3 Å². The number of aliphatic hydroxyl groups excluding tert-OH is 1. The first kappa shape index (κ1) is 19.6. The molecule has 9 heteroatoms. The zero-order valence-corrected chi connectivity index (χ0v) is 17.8. The van der Waals surface area contributed by atoms with Crippen molar-refractivity contribution in [3.8, 4) is 0 Å². The maximum Gasteiger partial charge on any atom is 0.353 e. The zero-order valence-electron chi connectivity index (χ0n) is 16.1. The van der Waals surface area contributed by atoms with Crippen LogP contribution in [0.15, 0.2) is 26.4 Å². The highest BCUT2D eigenvalue weighted by Gasteiger charge is 2.60. The van der Waals surface area contributed by atoms with Crippen LogP contribution in [0.25, 0.3) is 5.57 Å². The molecule has 1 saturated heterocycles. The van der Waals surface area contributed by atoms with Gasteiger partial charge in [0.05, 0.1) is 23.8 Å². The molecule has 28 heavy (non-hydrogen) atoms. The number of aliphatic hydroxyl groups is 1. The van der Waals surface area contributed by atoms with Gasteiger partial charge in [0.15, 0.2) is 4.34 Å². The molecule has 1 aromatic heterocycles. The summed E-state index contributed by atoms with van der Waals surface area (Å²) in [5.41, 5.74) is 2.15. The van der Waals surface area contributed by atoms with E-state index in [-0.39, 0.29) is 23.6 Å². The van der Waals surface area contributed by atoms with Crippen molar-refractivity contribution >= 4 is 40.5 Å². The number of amides is 1. The molecule has 1 aromatic rings. The van der Waals surface area contributed by atoms with E-state index in [1.165, 1.54) is 33.6 Å². The Morgan fingerprint density at radius 1 is 1.43 bits per heavy atom. The molecule has 0 bridgehead atoms. The molecule has 4 rings (SSSR count). The lowest BCUT2D eigenvalue weighted by atomic mass is 9.79. The van der Waals surface area contributed by atoms with E-state index >= 15 is 0 Å². The number of hydrogen-bond donors (Lipinski definition) is 2. The van der Waals surface area contributed by atoms with Crippen molar-refractivity contribution in [1.82, 2.24) is 14.8 Å². The molecule has 5 atom stereocenters. The molecule has 3 aliphatic heterocycles. The van der Waals surface area contributed by atoms with Crippen molar-refractivity contribution in [3.05, 3.63) is 27.8 Å². The number of hydrogen-bond acceptors (Lipinski definition) is 7. The minimum absolute atomic E-state index is 0.0364. The first-order chi connectivity index (χ1) is 13.2. The first-order valence-corrected chi connectivity index (χ1v) is 10.9. The van der Waals surface area contributed by atoms with Gasteiger partial charge in [0, 0.05) is 28.8 Å². The predicted molar refractivity (Wildman–Crippen MR) is 108 cm³/mol. The summed E-state index contributed by atoms with van der Waals surface area (Å²) in [6, 6.07) is -0.00253. The molecule has 0 aliphatic carbocycles. The predicted octanol–water partition coefficient (Wildman–Crippen LogP) is 2.11. The summed E-state index contributed by atoms with van der Waals surface area (Å²) in [4.78, 5) is 33.3. The molecule has 0 saturated carbocycles. The van der Waals surface area contributed by atoms with E-state index in [0.29, 0.717) is 10.9 Å². The Balaban J connectivity index is 1.61. The van der Waals surface area contributed by atoms with Gasteiger partial charge in [0.2, 0.25) is 5.91 Å². The third-order valence-corrected chi connectivity index (χ3v) is 8.22.